The van der Waals surface area contributed by atoms with E-state index in [-0.39, 0.29) is 11.8 Å². The highest BCUT2D eigenvalue weighted by molar-refractivity contribution is 7.13. The predicted molar refractivity (Wildman–Crippen MR) is 93.9 cm³/mol. The highest BCUT2D eigenvalue weighted by atomic mass is 32.1. The highest BCUT2D eigenvalue weighted by Crippen LogP contribution is 2.58. The molecule has 1 fully saturated rings. The number of hydrogen-bond acceptors (Lipinski definition) is 5. The van der Waals surface area contributed by atoms with Gasteiger partial charge in [0, 0.05) is 17.9 Å². The molecular formula is C19H13N3O2S. The molecule has 0 saturated carbocycles. The van der Waals surface area contributed by atoms with Crippen LogP contribution < -0.4 is 4.90 Å². The van der Waals surface area contributed by atoms with E-state index >= 15 is 0 Å². The van der Waals surface area contributed by atoms with Crippen molar-refractivity contribution >= 4 is 28.7 Å². The number of anilines is 1. The van der Waals surface area contributed by atoms with Gasteiger partial charge >= 0.3 is 0 Å². The van der Waals surface area contributed by atoms with E-state index < -0.39 is 5.54 Å². The summed E-state index contributed by atoms with van der Waals surface area (Å²) in [5, 5.41) is 8.60. The van der Waals surface area contributed by atoms with Crippen molar-refractivity contribution in [1.82, 2.24) is 10.2 Å². The van der Waals surface area contributed by atoms with Gasteiger partial charge in [-0.1, -0.05) is 53.8 Å². The largest absolute Gasteiger partial charge is 0.298 e. The molecule has 2 heterocycles. The minimum Gasteiger partial charge on any atom is -0.298 e. The molecule has 0 N–H and O–H groups in total. The second-order valence-corrected chi connectivity index (χ2v) is 7.19. The molecule has 1 aliphatic carbocycles. The molecule has 3 aromatic rings. The first-order chi connectivity index (χ1) is 12.3. The smallest absolute Gasteiger partial charge is 0.257 e. The predicted octanol–water partition coefficient (Wildman–Crippen LogP) is 2.82. The van der Waals surface area contributed by atoms with Crippen molar-refractivity contribution in [1.29, 1.82) is 0 Å². The fraction of sp³-hybridized carbons (Fsp3) is 0.158. The molecule has 1 saturated heterocycles. The first-order valence-corrected chi connectivity index (χ1v) is 8.87. The number of nitrogens with zero attached hydrogens (tertiary/aromatic N) is 3. The van der Waals surface area contributed by atoms with Gasteiger partial charge in [-0.25, -0.2) is 0 Å². The van der Waals surface area contributed by atoms with Crippen molar-refractivity contribution in [2.75, 3.05) is 4.90 Å². The molecule has 1 aromatic heterocycles. The lowest BCUT2D eigenvalue weighted by Crippen LogP contribution is -2.25. The Hall–Kier alpha value is -2.86. The third-order valence-electron chi connectivity index (χ3n) is 5.15. The molecule has 1 aliphatic heterocycles. The van der Waals surface area contributed by atoms with E-state index in [1.165, 1.54) is 11.3 Å². The number of benzene rings is 2. The van der Waals surface area contributed by atoms with Gasteiger partial charge in [0.1, 0.15) is 17.3 Å². The molecule has 0 radical (unpaired) electrons. The average molecular weight is 347 g/mol. The van der Waals surface area contributed by atoms with Gasteiger partial charge in [0.15, 0.2) is 0 Å². The molecule has 1 spiro atoms. The summed E-state index contributed by atoms with van der Waals surface area (Å²) in [5.74, 6) is -0.0399. The van der Waals surface area contributed by atoms with Crippen LogP contribution in [0.3, 0.4) is 0 Å². The van der Waals surface area contributed by atoms with E-state index in [9.17, 15) is 9.59 Å². The molecule has 122 valence electrons. The third-order valence-corrected chi connectivity index (χ3v) is 5.82. The summed E-state index contributed by atoms with van der Waals surface area (Å²) >= 11 is 1.37. The van der Waals surface area contributed by atoms with E-state index in [0.29, 0.717) is 17.1 Å². The molecule has 0 bridgehead atoms. The Kier molecular flexibility index (Phi) is 2.93. The zero-order valence-electron chi connectivity index (χ0n) is 13.1. The van der Waals surface area contributed by atoms with Crippen LogP contribution in [0.15, 0.2) is 54.0 Å². The first kappa shape index (κ1) is 14.5. The Balaban J connectivity index is 1.70. The zero-order chi connectivity index (χ0) is 17.0. The minimum atomic E-state index is -0.648. The van der Waals surface area contributed by atoms with E-state index in [4.69, 9.17) is 0 Å². The van der Waals surface area contributed by atoms with Gasteiger partial charge in [0.2, 0.25) is 5.13 Å². The van der Waals surface area contributed by atoms with Gasteiger partial charge in [0.05, 0.1) is 0 Å². The van der Waals surface area contributed by atoms with E-state index in [1.807, 2.05) is 48.5 Å². The van der Waals surface area contributed by atoms with Gasteiger partial charge in [-0.3, -0.25) is 14.5 Å². The number of fused-ring (bicyclic) bond motifs is 1. The molecule has 2 aliphatic rings. The third kappa shape index (κ3) is 1.88. The maximum absolute atomic E-state index is 12.9. The molecule has 2 atom stereocenters. The second-order valence-electron chi connectivity index (χ2n) is 6.38. The second kappa shape index (κ2) is 5.07. The van der Waals surface area contributed by atoms with Gasteiger partial charge in [-0.2, -0.15) is 0 Å². The van der Waals surface area contributed by atoms with Gasteiger partial charge in [0.25, 0.3) is 5.91 Å². The highest BCUT2D eigenvalue weighted by Gasteiger charge is 2.71. The van der Waals surface area contributed by atoms with Crippen LogP contribution in [-0.2, 0) is 11.2 Å². The number of aldehydes is 1. The minimum absolute atomic E-state index is 0.0713. The SMILES string of the molecule is O=Cc1ccc2c(c1)[C@H](c1ccccc1)[C@@]1(C2)C(=O)N1c1nncs1. The van der Waals surface area contributed by atoms with Gasteiger partial charge in [-0.05, 0) is 22.8 Å². The number of rotatable bonds is 3. The van der Waals surface area contributed by atoms with Crippen molar-refractivity contribution in [2.24, 2.45) is 0 Å². The Bertz CT molecular complexity index is 987. The van der Waals surface area contributed by atoms with Crippen molar-refractivity contribution < 1.29 is 9.59 Å². The Morgan fingerprint density at radius 1 is 1.20 bits per heavy atom. The summed E-state index contributed by atoms with van der Waals surface area (Å²) in [5.41, 5.74) is 4.86. The number of aromatic nitrogens is 2. The maximum Gasteiger partial charge on any atom is 0.257 e. The van der Waals surface area contributed by atoms with E-state index in [1.54, 1.807) is 10.4 Å². The lowest BCUT2D eigenvalue weighted by atomic mass is 9.85. The summed E-state index contributed by atoms with van der Waals surface area (Å²) in [6, 6.07) is 15.7. The van der Waals surface area contributed by atoms with Crippen LogP contribution in [-0.4, -0.2) is 27.9 Å². The number of carbonyl (C=O) groups is 2. The quantitative estimate of drug-likeness (QED) is 0.540. The van der Waals surface area contributed by atoms with Crippen LogP contribution >= 0.6 is 11.3 Å². The van der Waals surface area contributed by atoms with Gasteiger partial charge < -0.3 is 0 Å². The normalized spacial score (nSPS) is 23.8. The molecule has 5 nitrogen and oxygen atoms in total. The van der Waals surface area contributed by atoms with Crippen LogP contribution in [0.1, 0.15) is 33.0 Å². The van der Waals surface area contributed by atoms with Crippen LogP contribution in [0, 0.1) is 0 Å². The van der Waals surface area contributed by atoms with Crippen molar-refractivity contribution in [3.05, 3.63) is 76.3 Å². The maximum atomic E-state index is 12.9. The first-order valence-electron chi connectivity index (χ1n) is 7.99. The van der Waals surface area contributed by atoms with Crippen LogP contribution in [0.2, 0.25) is 0 Å². The fourth-order valence-corrected chi connectivity index (χ4v) is 4.70. The average Bonchev–Trinajstić information content (AvgIpc) is 3.05. The fourth-order valence-electron chi connectivity index (χ4n) is 4.07. The lowest BCUT2D eigenvalue weighted by Gasteiger charge is -2.19. The summed E-state index contributed by atoms with van der Waals surface area (Å²) in [4.78, 5) is 26.0. The summed E-state index contributed by atoms with van der Waals surface area (Å²) in [7, 11) is 0. The van der Waals surface area contributed by atoms with Gasteiger partial charge in [-0.15, -0.1) is 10.2 Å². The number of carbonyl (C=O) groups excluding carboxylic acids is 2. The molecule has 0 unspecified atom stereocenters. The topological polar surface area (TPSA) is 62.9 Å². The summed E-state index contributed by atoms with van der Waals surface area (Å²) in [6.07, 6.45) is 1.48. The van der Waals surface area contributed by atoms with E-state index in [0.717, 1.165) is 23.0 Å². The van der Waals surface area contributed by atoms with Crippen molar-refractivity contribution in [3.8, 4) is 0 Å². The summed E-state index contributed by atoms with van der Waals surface area (Å²) in [6.45, 7) is 0. The number of amides is 1. The molecule has 25 heavy (non-hydrogen) atoms. The van der Waals surface area contributed by atoms with Crippen molar-refractivity contribution in [3.63, 3.8) is 0 Å². The lowest BCUT2D eigenvalue weighted by molar-refractivity contribution is -0.111. The Labute approximate surface area is 147 Å². The number of hydrogen-bond donors (Lipinski definition) is 0. The van der Waals surface area contributed by atoms with Crippen LogP contribution in [0.4, 0.5) is 5.13 Å². The molecule has 1 amide bonds. The zero-order valence-corrected chi connectivity index (χ0v) is 13.9. The molecular weight excluding hydrogens is 334 g/mol. The molecule has 5 rings (SSSR count). The van der Waals surface area contributed by atoms with Crippen LogP contribution in [0.25, 0.3) is 0 Å². The monoisotopic (exact) mass is 347 g/mol. The van der Waals surface area contributed by atoms with Crippen LogP contribution in [0.5, 0.6) is 0 Å². The van der Waals surface area contributed by atoms with E-state index in [2.05, 4.69) is 10.2 Å². The molecule has 2 aromatic carbocycles. The van der Waals surface area contributed by atoms with Crippen molar-refractivity contribution in [2.45, 2.75) is 17.9 Å². The molecule has 6 heteroatoms. The Morgan fingerprint density at radius 2 is 2.04 bits per heavy atom. The summed E-state index contributed by atoms with van der Waals surface area (Å²) < 4.78 is 0. The Morgan fingerprint density at radius 3 is 2.76 bits per heavy atom. The standard InChI is InChI=1S/C19H13N3O2S/c23-10-12-6-7-14-9-19(17(24)22(19)18-21-20-11-25-18)16(15(14)8-12)13-4-2-1-3-5-13/h1-8,10-11,16H,9H2/t16-,19-,22?/m0/s1.